The van der Waals surface area contributed by atoms with Crippen molar-refractivity contribution in [1.82, 2.24) is 4.98 Å². The van der Waals surface area contributed by atoms with E-state index >= 15 is 0 Å². The second-order valence-electron chi connectivity index (χ2n) is 5.78. The van der Waals surface area contributed by atoms with E-state index in [9.17, 15) is 4.79 Å². The van der Waals surface area contributed by atoms with E-state index in [1.165, 1.54) is 6.42 Å². The molecule has 0 saturated heterocycles. The summed E-state index contributed by atoms with van der Waals surface area (Å²) < 4.78 is 2.21. The van der Waals surface area contributed by atoms with Crippen LogP contribution in [0.1, 0.15) is 19.3 Å². The highest BCUT2D eigenvalue weighted by molar-refractivity contribution is 8.00. The summed E-state index contributed by atoms with van der Waals surface area (Å²) in [6.07, 6.45) is 5.58. The van der Waals surface area contributed by atoms with Crippen molar-refractivity contribution < 1.29 is 4.79 Å². The fraction of sp³-hybridized carbons (Fsp3) is 0.467. The highest BCUT2D eigenvalue weighted by Gasteiger charge is 2.47. The Kier molecular flexibility index (Phi) is 3.00. The molecular weight excluding hydrogens is 288 g/mol. The quantitative estimate of drug-likeness (QED) is 0.871. The number of carbonyl (C=O) groups is 1. The van der Waals surface area contributed by atoms with Crippen molar-refractivity contribution in [3.8, 4) is 0 Å². The number of fused-ring (bicyclic) bond motifs is 2. The minimum absolute atomic E-state index is 0.200. The molecular formula is C15H16N2OS2. The number of nitrogens with one attached hydrogen (secondary N) is 1. The van der Waals surface area contributed by atoms with Crippen molar-refractivity contribution >= 4 is 44.9 Å². The Morgan fingerprint density at radius 2 is 2.15 bits per heavy atom. The first kappa shape index (κ1) is 12.7. The Labute approximate surface area is 126 Å². The first-order valence-electron chi connectivity index (χ1n) is 6.98. The molecule has 0 aliphatic heterocycles. The number of hydrogen-bond donors (Lipinski definition) is 1. The van der Waals surface area contributed by atoms with Crippen LogP contribution in [0.5, 0.6) is 0 Å². The highest BCUT2D eigenvalue weighted by Crippen LogP contribution is 2.54. The van der Waals surface area contributed by atoms with E-state index in [2.05, 4.69) is 10.3 Å². The molecule has 2 aliphatic carbocycles. The lowest BCUT2D eigenvalue weighted by atomic mass is 10.0. The molecule has 1 N–H and O–H groups in total. The van der Waals surface area contributed by atoms with Crippen molar-refractivity contribution in [2.75, 3.05) is 11.6 Å². The minimum atomic E-state index is 0.200. The Hall–Kier alpha value is -1.07. The van der Waals surface area contributed by atoms with E-state index in [1.54, 1.807) is 23.1 Å². The predicted molar refractivity (Wildman–Crippen MR) is 84.4 cm³/mol. The molecule has 2 atom stereocenters. The van der Waals surface area contributed by atoms with E-state index in [0.717, 1.165) is 44.9 Å². The van der Waals surface area contributed by atoms with Crippen LogP contribution in [0.2, 0.25) is 0 Å². The molecule has 3 nitrogen and oxygen atoms in total. The van der Waals surface area contributed by atoms with Gasteiger partial charge in [0, 0.05) is 11.6 Å². The lowest BCUT2D eigenvalue weighted by Crippen LogP contribution is -2.21. The second-order valence-corrected chi connectivity index (χ2v) is 7.86. The fourth-order valence-electron chi connectivity index (χ4n) is 3.24. The third-order valence-corrected chi connectivity index (χ3v) is 6.43. The van der Waals surface area contributed by atoms with Crippen molar-refractivity contribution in [3.63, 3.8) is 0 Å². The van der Waals surface area contributed by atoms with Crippen LogP contribution in [-0.4, -0.2) is 17.1 Å². The van der Waals surface area contributed by atoms with E-state index in [4.69, 9.17) is 0 Å². The first-order valence-corrected chi connectivity index (χ1v) is 9.02. The molecule has 2 aliphatic rings. The summed E-state index contributed by atoms with van der Waals surface area (Å²) in [6, 6.07) is 5.99. The Morgan fingerprint density at radius 1 is 1.35 bits per heavy atom. The molecule has 0 spiro atoms. The van der Waals surface area contributed by atoms with Crippen LogP contribution in [0.25, 0.3) is 10.2 Å². The van der Waals surface area contributed by atoms with Crippen LogP contribution in [0.15, 0.2) is 22.5 Å². The predicted octanol–water partition coefficient (Wildman–Crippen LogP) is 4.00. The minimum Gasteiger partial charge on any atom is -0.326 e. The monoisotopic (exact) mass is 304 g/mol. The van der Waals surface area contributed by atoms with Gasteiger partial charge in [0.2, 0.25) is 5.91 Å². The van der Waals surface area contributed by atoms with E-state index in [-0.39, 0.29) is 11.8 Å². The molecule has 1 heterocycles. The van der Waals surface area contributed by atoms with Gasteiger partial charge in [0.1, 0.15) is 0 Å². The fourth-order valence-corrected chi connectivity index (χ4v) is 4.77. The average Bonchev–Trinajstić information content (AvgIpc) is 2.89. The van der Waals surface area contributed by atoms with Gasteiger partial charge in [-0.3, -0.25) is 4.79 Å². The number of thiazole rings is 1. The summed E-state index contributed by atoms with van der Waals surface area (Å²) in [5.41, 5.74) is 1.92. The molecule has 4 rings (SSSR count). The van der Waals surface area contributed by atoms with Crippen molar-refractivity contribution in [3.05, 3.63) is 18.2 Å². The molecule has 1 aromatic carbocycles. The van der Waals surface area contributed by atoms with Crippen LogP contribution in [-0.2, 0) is 4.79 Å². The maximum atomic E-state index is 12.3. The zero-order valence-corrected chi connectivity index (χ0v) is 12.9. The summed E-state index contributed by atoms with van der Waals surface area (Å²) in [6.45, 7) is 0. The number of thioether (sulfide) groups is 1. The molecule has 1 aromatic heterocycles. The van der Waals surface area contributed by atoms with Gasteiger partial charge in [0.25, 0.3) is 0 Å². The lowest BCUT2D eigenvalue weighted by molar-refractivity contribution is -0.120. The maximum Gasteiger partial charge on any atom is 0.227 e. The lowest BCUT2D eigenvalue weighted by Gasteiger charge is -2.12. The molecule has 0 bridgehead atoms. The second kappa shape index (κ2) is 4.74. The van der Waals surface area contributed by atoms with E-state index in [1.807, 2.05) is 24.5 Å². The molecule has 2 saturated carbocycles. The third-order valence-electron chi connectivity index (χ3n) is 4.43. The van der Waals surface area contributed by atoms with Crippen LogP contribution in [0.3, 0.4) is 0 Å². The van der Waals surface area contributed by atoms with Gasteiger partial charge in [-0.15, -0.1) is 11.3 Å². The highest BCUT2D eigenvalue weighted by atomic mass is 32.2. The number of nitrogens with zero attached hydrogens (tertiary/aromatic N) is 1. The maximum absolute atomic E-state index is 12.3. The Bertz CT molecular complexity index is 672. The molecule has 1 amide bonds. The topological polar surface area (TPSA) is 42.0 Å². The van der Waals surface area contributed by atoms with E-state index < -0.39 is 0 Å². The van der Waals surface area contributed by atoms with Crippen molar-refractivity contribution in [1.29, 1.82) is 0 Å². The molecule has 2 unspecified atom stereocenters. The summed E-state index contributed by atoms with van der Waals surface area (Å²) in [5, 5.41) is 3.08. The van der Waals surface area contributed by atoms with Gasteiger partial charge in [0.05, 0.1) is 10.2 Å². The van der Waals surface area contributed by atoms with Crippen LogP contribution < -0.4 is 5.32 Å². The zero-order valence-electron chi connectivity index (χ0n) is 11.3. The third kappa shape index (κ3) is 2.23. The van der Waals surface area contributed by atoms with Gasteiger partial charge in [0.15, 0.2) is 4.34 Å². The number of hydrogen-bond acceptors (Lipinski definition) is 4. The van der Waals surface area contributed by atoms with Gasteiger partial charge < -0.3 is 5.32 Å². The molecule has 5 heteroatoms. The van der Waals surface area contributed by atoms with Gasteiger partial charge in [-0.2, -0.15) is 0 Å². The number of carbonyl (C=O) groups excluding carboxylic acids is 1. The van der Waals surface area contributed by atoms with Crippen LogP contribution in [0, 0.1) is 17.8 Å². The van der Waals surface area contributed by atoms with Gasteiger partial charge in [-0.1, -0.05) is 11.8 Å². The first-order chi connectivity index (χ1) is 9.72. The van der Waals surface area contributed by atoms with Crippen molar-refractivity contribution in [2.24, 2.45) is 17.8 Å². The van der Waals surface area contributed by atoms with E-state index in [0.29, 0.717) is 0 Å². The summed E-state index contributed by atoms with van der Waals surface area (Å²) in [7, 11) is 0. The molecule has 104 valence electrons. The largest absolute Gasteiger partial charge is 0.326 e. The van der Waals surface area contributed by atoms with Crippen molar-refractivity contribution in [2.45, 2.75) is 23.6 Å². The number of benzene rings is 1. The standard InChI is InChI=1S/C15H16N2OS2/c1-19-15-17-12-3-2-11(7-13(12)20-15)16-14(18)10-5-8-4-9(8)6-10/h2-3,7-10H,4-6H2,1H3,(H,16,18). The van der Waals surface area contributed by atoms with Crippen LogP contribution in [0.4, 0.5) is 5.69 Å². The number of aromatic nitrogens is 1. The van der Waals surface area contributed by atoms with Gasteiger partial charge in [-0.25, -0.2) is 4.98 Å². The van der Waals surface area contributed by atoms with Crippen LogP contribution >= 0.6 is 23.1 Å². The smallest absolute Gasteiger partial charge is 0.227 e. The SMILES string of the molecule is CSc1nc2ccc(NC(=O)C3CC4CC4C3)cc2s1. The molecule has 2 fully saturated rings. The number of anilines is 1. The molecule has 2 aromatic rings. The number of amides is 1. The summed E-state index contributed by atoms with van der Waals surface area (Å²) >= 11 is 3.34. The van der Waals surface area contributed by atoms with Gasteiger partial charge >= 0.3 is 0 Å². The Balaban J connectivity index is 1.51. The zero-order chi connectivity index (χ0) is 13.7. The molecule has 0 radical (unpaired) electrons. The summed E-state index contributed by atoms with van der Waals surface area (Å²) in [4.78, 5) is 16.8. The normalized spacial score (nSPS) is 27.6. The molecule has 20 heavy (non-hydrogen) atoms. The average molecular weight is 304 g/mol. The number of rotatable bonds is 3. The Morgan fingerprint density at radius 3 is 2.90 bits per heavy atom. The summed E-state index contributed by atoms with van der Waals surface area (Å²) in [5.74, 6) is 2.13. The van der Waals surface area contributed by atoms with Gasteiger partial charge in [-0.05, 0) is 55.6 Å².